The molecular formula is C25H23IO3S. The van der Waals surface area contributed by atoms with E-state index in [9.17, 15) is 4.79 Å². The first-order valence-corrected chi connectivity index (χ1v) is 11.7. The van der Waals surface area contributed by atoms with E-state index in [-0.39, 0.29) is 6.61 Å². The Kier molecular flexibility index (Phi) is 8.39. The monoisotopic (exact) mass is 530 g/mol. The van der Waals surface area contributed by atoms with Gasteiger partial charge in [-0.15, -0.1) is 11.8 Å². The maximum atomic E-state index is 10.7. The maximum absolute atomic E-state index is 10.7. The molecule has 0 aromatic heterocycles. The third-order valence-electron chi connectivity index (χ3n) is 4.55. The van der Waals surface area contributed by atoms with Crippen molar-refractivity contribution >= 4 is 45.9 Å². The summed E-state index contributed by atoms with van der Waals surface area (Å²) in [6.45, 7) is 1.84. The van der Waals surface area contributed by atoms with Gasteiger partial charge in [0.2, 0.25) is 0 Å². The number of carbonyl (C=O) groups is 1. The Morgan fingerprint density at radius 1 is 1.03 bits per heavy atom. The number of benzene rings is 3. The van der Waals surface area contributed by atoms with Crippen LogP contribution in [0.15, 0.2) is 83.8 Å². The minimum Gasteiger partial charge on any atom is -0.482 e. The van der Waals surface area contributed by atoms with Crippen LogP contribution in [-0.2, 0) is 11.2 Å². The highest BCUT2D eigenvalue weighted by Crippen LogP contribution is 2.30. The van der Waals surface area contributed by atoms with Crippen LogP contribution >= 0.6 is 34.4 Å². The molecule has 0 aliphatic heterocycles. The van der Waals surface area contributed by atoms with Crippen LogP contribution in [-0.4, -0.2) is 23.4 Å². The zero-order chi connectivity index (χ0) is 21.3. The molecule has 3 aromatic rings. The second-order valence-corrected chi connectivity index (χ2v) is 8.84. The number of carboxylic acid groups (broad SMARTS) is 1. The van der Waals surface area contributed by atoms with Gasteiger partial charge in [-0.3, -0.25) is 0 Å². The smallest absolute Gasteiger partial charge is 0.341 e. The average molecular weight is 530 g/mol. The molecule has 0 aliphatic carbocycles. The summed E-state index contributed by atoms with van der Waals surface area (Å²) >= 11 is 4.01. The van der Waals surface area contributed by atoms with Crippen LogP contribution in [0.1, 0.15) is 23.6 Å². The molecule has 0 saturated carbocycles. The van der Waals surface area contributed by atoms with Crippen molar-refractivity contribution in [3.63, 3.8) is 0 Å². The molecule has 0 bridgehead atoms. The number of carboxylic acids is 1. The van der Waals surface area contributed by atoms with Crippen molar-refractivity contribution in [3.8, 4) is 5.75 Å². The van der Waals surface area contributed by atoms with Gasteiger partial charge >= 0.3 is 5.97 Å². The van der Waals surface area contributed by atoms with Crippen LogP contribution in [0, 0.1) is 3.57 Å². The lowest BCUT2D eigenvalue weighted by molar-refractivity contribution is -0.139. The molecule has 0 radical (unpaired) electrons. The summed E-state index contributed by atoms with van der Waals surface area (Å²) in [7, 11) is 0. The molecule has 154 valence electrons. The van der Waals surface area contributed by atoms with Gasteiger partial charge in [0.15, 0.2) is 6.61 Å². The van der Waals surface area contributed by atoms with E-state index in [4.69, 9.17) is 9.84 Å². The lowest BCUT2D eigenvalue weighted by Crippen LogP contribution is -2.09. The summed E-state index contributed by atoms with van der Waals surface area (Å²) in [4.78, 5) is 11.8. The van der Waals surface area contributed by atoms with Gasteiger partial charge in [0, 0.05) is 14.2 Å². The van der Waals surface area contributed by atoms with Gasteiger partial charge < -0.3 is 9.84 Å². The fourth-order valence-electron chi connectivity index (χ4n) is 2.99. The number of hydrogen-bond donors (Lipinski definition) is 1. The first-order chi connectivity index (χ1) is 14.6. The van der Waals surface area contributed by atoms with Crippen molar-refractivity contribution in [3.05, 3.63) is 99.1 Å². The minimum atomic E-state index is -0.978. The van der Waals surface area contributed by atoms with E-state index in [1.54, 1.807) is 11.8 Å². The number of hydrogen-bond acceptors (Lipinski definition) is 3. The molecule has 3 nitrogen and oxygen atoms in total. The standard InChI is InChI=1S/C25H23IO3S/c1-2-18-8-10-20(11-9-18)22(19-6-4-3-5-7-19)14-15-30-24-13-12-21(16-23(24)26)29-17-25(27)28/h3-14,16H,2,15,17H2,1H3,(H,27,28)/b22-14-. The normalized spacial score (nSPS) is 11.3. The van der Waals surface area contributed by atoms with Gasteiger partial charge in [-0.2, -0.15) is 0 Å². The lowest BCUT2D eigenvalue weighted by Gasteiger charge is -2.11. The quantitative estimate of drug-likeness (QED) is 0.252. The Balaban J connectivity index is 1.77. The van der Waals surface area contributed by atoms with Crippen LogP contribution < -0.4 is 4.74 Å². The molecule has 0 aliphatic rings. The summed E-state index contributed by atoms with van der Waals surface area (Å²) < 4.78 is 6.30. The third-order valence-corrected chi connectivity index (χ3v) is 6.81. The van der Waals surface area contributed by atoms with Crippen LogP contribution in [0.5, 0.6) is 5.75 Å². The van der Waals surface area contributed by atoms with Crippen molar-refractivity contribution in [2.45, 2.75) is 18.2 Å². The van der Waals surface area contributed by atoms with Crippen molar-refractivity contribution < 1.29 is 14.6 Å². The van der Waals surface area contributed by atoms with Crippen molar-refractivity contribution in [2.75, 3.05) is 12.4 Å². The zero-order valence-corrected chi connectivity index (χ0v) is 19.7. The Morgan fingerprint density at radius 2 is 1.73 bits per heavy atom. The van der Waals surface area contributed by atoms with Gasteiger partial charge in [0.05, 0.1) is 0 Å². The second-order valence-electron chi connectivity index (χ2n) is 6.62. The molecule has 0 unspecified atom stereocenters. The Labute approximate surface area is 195 Å². The summed E-state index contributed by atoms with van der Waals surface area (Å²) in [5.41, 5.74) is 4.98. The van der Waals surface area contributed by atoms with Crippen molar-refractivity contribution in [1.29, 1.82) is 0 Å². The summed E-state index contributed by atoms with van der Waals surface area (Å²) in [6, 6.07) is 24.9. The van der Waals surface area contributed by atoms with E-state index in [0.717, 1.165) is 20.6 Å². The third kappa shape index (κ3) is 6.37. The van der Waals surface area contributed by atoms with E-state index in [0.29, 0.717) is 5.75 Å². The van der Waals surface area contributed by atoms with Gasteiger partial charge in [0.1, 0.15) is 5.75 Å². The van der Waals surface area contributed by atoms with E-state index < -0.39 is 5.97 Å². The Bertz CT molecular complexity index is 1010. The largest absolute Gasteiger partial charge is 0.482 e. The molecule has 0 fully saturated rings. The highest BCUT2D eigenvalue weighted by atomic mass is 127. The highest BCUT2D eigenvalue weighted by molar-refractivity contribution is 14.1. The molecule has 0 atom stereocenters. The minimum absolute atomic E-state index is 0.331. The molecule has 1 N–H and O–H groups in total. The average Bonchev–Trinajstić information content (AvgIpc) is 2.77. The summed E-state index contributed by atoms with van der Waals surface area (Å²) in [6.07, 6.45) is 3.30. The first kappa shape index (κ1) is 22.4. The van der Waals surface area contributed by atoms with E-state index in [1.807, 2.05) is 24.3 Å². The van der Waals surface area contributed by atoms with Gasteiger partial charge in [-0.1, -0.05) is 67.6 Å². The summed E-state index contributed by atoms with van der Waals surface area (Å²) in [5, 5.41) is 8.75. The fraction of sp³-hybridized carbons (Fsp3) is 0.160. The molecule has 30 heavy (non-hydrogen) atoms. The SMILES string of the molecule is CCc1ccc(/C(=C\CSc2ccc(OCC(=O)O)cc2I)c2ccccc2)cc1. The van der Waals surface area contributed by atoms with Gasteiger partial charge in [-0.25, -0.2) is 4.79 Å². The predicted molar refractivity (Wildman–Crippen MR) is 132 cm³/mol. The number of ether oxygens (including phenoxy) is 1. The number of rotatable bonds is 9. The van der Waals surface area contributed by atoms with Crippen molar-refractivity contribution in [1.82, 2.24) is 0 Å². The highest BCUT2D eigenvalue weighted by Gasteiger charge is 2.07. The number of halogens is 1. The number of thioether (sulfide) groups is 1. The first-order valence-electron chi connectivity index (χ1n) is 9.68. The number of aryl methyl sites for hydroxylation is 1. The second kappa shape index (κ2) is 11.2. The molecule has 0 amide bonds. The predicted octanol–water partition coefficient (Wildman–Crippen LogP) is 6.54. The molecular weight excluding hydrogens is 507 g/mol. The topological polar surface area (TPSA) is 46.5 Å². The lowest BCUT2D eigenvalue weighted by atomic mass is 9.96. The van der Waals surface area contributed by atoms with E-state index >= 15 is 0 Å². The molecule has 5 heteroatoms. The van der Waals surface area contributed by atoms with E-state index in [2.05, 4.69) is 84.1 Å². The van der Waals surface area contributed by atoms with E-state index in [1.165, 1.54) is 22.3 Å². The summed E-state index contributed by atoms with van der Waals surface area (Å²) in [5.74, 6) is 0.419. The fourth-order valence-corrected chi connectivity index (χ4v) is 4.73. The van der Waals surface area contributed by atoms with Crippen molar-refractivity contribution in [2.24, 2.45) is 0 Å². The Morgan fingerprint density at radius 3 is 2.37 bits per heavy atom. The van der Waals surface area contributed by atoms with Gasteiger partial charge in [0.25, 0.3) is 0 Å². The van der Waals surface area contributed by atoms with Crippen LogP contribution in [0.25, 0.3) is 5.57 Å². The molecule has 0 heterocycles. The molecule has 3 aromatic carbocycles. The van der Waals surface area contributed by atoms with Crippen LogP contribution in [0.4, 0.5) is 0 Å². The Hall–Kier alpha value is -2.25. The van der Waals surface area contributed by atoms with Crippen LogP contribution in [0.2, 0.25) is 0 Å². The number of aliphatic carboxylic acids is 1. The molecule has 0 spiro atoms. The zero-order valence-electron chi connectivity index (χ0n) is 16.7. The molecule has 0 saturated heterocycles. The van der Waals surface area contributed by atoms with Crippen LogP contribution in [0.3, 0.4) is 0 Å². The molecule has 3 rings (SSSR count). The maximum Gasteiger partial charge on any atom is 0.341 e. The van der Waals surface area contributed by atoms with Gasteiger partial charge in [-0.05, 0) is 69.5 Å².